The van der Waals surface area contributed by atoms with E-state index in [-0.39, 0.29) is 12.2 Å². The predicted molar refractivity (Wildman–Crippen MR) is 69.7 cm³/mol. The van der Waals surface area contributed by atoms with Crippen LogP contribution >= 0.6 is 11.6 Å². The van der Waals surface area contributed by atoms with Gasteiger partial charge in [0.1, 0.15) is 24.7 Å². The summed E-state index contributed by atoms with van der Waals surface area (Å²) in [6, 6.07) is 4.07. The van der Waals surface area contributed by atoms with Crippen molar-refractivity contribution in [1.82, 2.24) is 0 Å². The summed E-state index contributed by atoms with van der Waals surface area (Å²) in [6.07, 6.45) is 0.383. The molecule has 0 aromatic carbocycles. The minimum atomic E-state index is 0.192. The maximum atomic E-state index is 9.00. The highest BCUT2D eigenvalue weighted by atomic mass is 35.5. The van der Waals surface area contributed by atoms with Crippen LogP contribution in [0.2, 0.25) is 5.15 Å². The van der Waals surface area contributed by atoms with E-state index in [1.165, 1.54) is 0 Å². The standard InChI is InChI=1S/C13H16ClN3O/c1-8-4-12(16-13(14)11(8)5-15)17-6-9(2)18-10(3)7-17/h4,9-10H,6-7H2,1-3H3/p+1/t9-,10-/m0/s1. The Morgan fingerprint density at radius 3 is 2.56 bits per heavy atom. The lowest BCUT2D eigenvalue weighted by Crippen LogP contribution is -2.47. The number of hydrogen-bond donors (Lipinski definition) is 0. The van der Waals surface area contributed by atoms with Crippen LogP contribution in [-0.4, -0.2) is 25.3 Å². The fourth-order valence-electron chi connectivity index (χ4n) is 2.34. The van der Waals surface area contributed by atoms with Gasteiger partial charge in [-0.05, 0) is 37.9 Å². The lowest BCUT2D eigenvalue weighted by Gasteiger charge is -2.31. The van der Waals surface area contributed by atoms with Gasteiger partial charge in [0, 0.05) is 6.07 Å². The maximum absolute atomic E-state index is 9.00. The summed E-state index contributed by atoms with van der Waals surface area (Å²) in [5, 5.41) is 9.40. The molecule has 2 atom stereocenters. The molecule has 0 amide bonds. The molecule has 2 rings (SSSR count). The van der Waals surface area contributed by atoms with E-state index in [4.69, 9.17) is 21.6 Å². The van der Waals surface area contributed by atoms with Crippen molar-refractivity contribution < 1.29 is 9.72 Å². The Bertz CT molecular complexity index is 464. The number of aromatic amines is 1. The van der Waals surface area contributed by atoms with Gasteiger partial charge in [-0.15, -0.1) is 0 Å². The number of nitriles is 1. The number of aryl methyl sites for hydroxylation is 1. The molecule has 0 radical (unpaired) electrons. The topological polar surface area (TPSA) is 50.4 Å². The zero-order chi connectivity index (χ0) is 13.3. The minimum Gasteiger partial charge on any atom is -0.367 e. The molecule has 5 heteroatoms. The summed E-state index contributed by atoms with van der Waals surface area (Å²) in [7, 11) is 0. The van der Waals surface area contributed by atoms with Crippen LogP contribution in [0.15, 0.2) is 6.07 Å². The first-order valence-electron chi connectivity index (χ1n) is 6.04. The van der Waals surface area contributed by atoms with Crippen LogP contribution in [0, 0.1) is 18.3 Å². The summed E-state index contributed by atoms with van der Waals surface area (Å²) < 4.78 is 5.70. The van der Waals surface area contributed by atoms with Crippen molar-refractivity contribution in [2.24, 2.45) is 0 Å². The molecule has 0 unspecified atom stereocenters. The number of halogens is 1. The van der Waals surface area contributed by atoms with Crippen LogP contribution in [0.5, 0.6) is 0 Å². The third-order valence-corrected chi connectivity index (χ3v) is 3.36. The van der Waals surface area contributed by atoms with Crippen LogP contribution in [0.25, 0.3) is 0 Å². The summed E-state index contributed by atoms with van der Waals surface area (Å²) in [5.74, 6) is 0.943. The smallest absolute Gasteiger partial charge is 0.275 e. The van der Waals surface area contributed by atoms with Gasteiger partial charge in [0.15, 0.2) is 0 Å². The molecule has 0 bridgehead atoms. The normalized spacial score (nSPS) is 23.8. The van der Waals surface area contributed by atoms with Crippen LogP contribution in [0.4, 0.5) is 5.82 Å². The number of anilines is 1. The van der Waals surface area contributed by atoms with E-state index in [0.29, 0.717) is 10.7 Å². The fraction of sp³-hybridized carbons (Fsp3) is 0.538. The van der Waals surface area contributed by atoms with Crippen molar-refractivity contribution in [3.8, 4) is 6.07 Å². The largest absolute Gasteiger partial charge is 0.367 e. The average Bonchev–Trinajstić information content (AvgIpc) is 2.27. The third kappa shape index (κ3) is 2.58. The van der Waals surface area contributed by atoms with Gasteiger partial charge in [0.2, 0.25) is 5.15 Å². The van der Waals surface area contributed by atoms with E-state index in [0.717, 1.165) is 24.5 Å². The molecule has 18 heavy (non-hydrogen) atoms. The molecular formula is C13H17ClN3O+. The van der Waals surface area contributed by atoms with Crippen LogP contribution in [-0.2, 0) is 4.74 Å². The molecule has 1 aromatic heterocycles. The molecule has 1 N–H and O–H groups in total. The van der Waals surface area contributed by atoms with Crippen molar-refractivity contribution in [2.75, 3.05) is 18.0 Å². The maximum Gasteiger partial charge on any atom is 0.275 e. The van der Waals surface area contributed by atoms with Gasteiger partial charge < -0.3 is 4.74 Å². The highest BCUT2D eigenvalue weighted by molar-refractivity contribution is 6.29. The van der Waals surface area contributed by atoms with Crippen molar-refractivity contribution in [1.29, 1.82) is 5.26 Å². The van der Waals surface area contributed by atoms with Gasteiger partial charge in [-0.25, -0.2) is 4.98 Å². The first kappa shape index (κ1) is 13.1. The van der Waals surface area contributed by atoms with Crippen molar-refractivity contribution in [2.45, 2.75) is 33.0 Å². The number of ether oxygens (including phenoxy) is 1. The molecule has 1 fully saturated rings. The van der Waals surface area contributed by atoms with E-state index in [2.05, 4.69) is 29.8 Å². The zero-order valence-corrected chi connectivity index (χ0v) is 11.6. The second kappa shape index (κ2) is 5.13. The first-order chi connectivity index (χ1) is 8.51. The number of hydrogen-bond acceptors (Lipinski definition) is 3. The van der Waals surface area contributed by atoms with Gasteiger partial charge >= 0.3 is 0 Å². The van der Waals surface area contributed by atoms with Crippen molar-refractivity contribution in [3.63, 3.8) is 0 Å². The molecule has 1 saturated heterocycles. The highest BCUT2D eigenvalue weighted by Gasteiger charge is 2.29. The minimum absolute atomic E-state index is 0.192. The van der Waals surface area contributed by atoms with Gasteiger partial charge in [-0.1, -0.05) is 0 Å². The molecule has 96 valence electrons. The summed E-state index contributed by atoms with van der Waals surface area (Å²) in [4.78, 5) is 5.30. The summed E-state index contributed by atoms with van der Waals surface area (Å²) in [5.41, 5.74) is 1.40. The summed E-state index contributed by atoms with van der Waals surface area (Å²) >= 11 is 6.09. The SMILES string of the molecule is Cc1cc(N2C[C@H](C)O[C@@H](C)C2)[nH+]c(Cl)c1C#N. The van der Waals surface area contributed by atoms with Crippen LogP contribution in [0.1, 0.15) is 25.0 Å². The number of pyridine rings is 1. The third-order valence-electron chi connectivity index (χ3n) is 3.08. The quantitative estimate of drug-likeness (QED) is 0.730. The lowest BCUT2D eigenvalue weighted by atomic mass is 10.1. The molecule has 2 heterocycles. The molecule has 0 aliphatic carbocycles. The van der Waals surface area contributed by atoms with Gasteiger partial charge in [0.25, 0.3) is 5.82 Å². The molecule has 1 aliphatic rings. The number of nitrogens with zero attached hydrogens (tertiary/aromatic N) is 2. The number of nitrogens with one attached hydrogen (secondary N) is 1. The van der Waals surface area contributed by atoms with E-state index >= 15 is 0 Å². The Kier molecular flexibility index (Phi) is 3.74. The van der Waals surface area contributed by atoms with E-state index in [1.807, 2.05) is 13.0 Å². The van der Waals surface area contributed by atoms with Gasteiger partial charge in [-0.2, -0.15) is 5.26 Å². The van der Waals surface area contributed by atoms with Crippen molar-refractivity contribution in [3.05, 3.63) is 22.3 Å². The number of rotatable bonds is 1. The van der Waals surface area contributed by atoms with E-state index in [9.17, 15) is 0 Å². The monoisotopic (exact) mass is 266 g/mol. The van der Waals surface area contributed by atoms with Crippen molar-refractivity contribution >= 4 is 17.4 Å². The number of morpholine rings is 1. The number of H-pyrrole nitrogens is 1. The van der Waals surface area contributed by atoms with E-state index in [1.54, 1.807) is 0 Å². The van der Waals surface area contributed by atoms with Gasteiger partial charge in [-0.3, -0.25) is 4.90 Å². The summed E-state index contributed by atoms with van der Waals surface area (Å²) in [6.45, 7) is 7.65. The zero-order valence-electron chi connectivity index (χ0n) is 10.8. The van der Waals surface area contributed by atoms with Crippen LogP contribution < -0.4 is 9.88 Å². The Morgan fingerprint density at radius 1 is 1.44 bits per heavy atom. The second-order valence-electron chi connectivity index (χ2n) is 4.80. The van der Waals surface area contributed by atoms with Gasteiger partial charge in [0.05, 0.1) is 12.2 Å². The highest BCUT2D eigenvalue weighted by Crippen LogP contribution is 2.21. The molecule has 4 nitrogen and oxygen atoms in total. The second-order valence-corrected chi connectivity index (χ2v) is 5.18. The average molecular weight is 267 g/mol. The molecule has 1 aromatic rings. The Morgan fingerprint density at radius 2 is 2.06 bits per heavy atom. The van der Waals surface area contributed by atoms with E-state index < -0.39 is 0 Å². The first-order valence-corrected chi connectivity index (χ1v) is 6.42. The lowest BCUT2D eigenvalue weighted by molar-refractivity contribution is -0.362. The van der Waals surface area contributed by atoms with Crippen LogP contribution in [0.3, 0.4) is 0 Å². The number of aromatic nitrogens is 1. The Labute approximate surface area is 112 Å². The Hall–Kier alpha value is -1.31. The Balaban J connectivity index is 2.32. The molecule has 0 spiro atoms. The molecule has 1 aliphatic heterocycles. The molecular weight excluding hydrogens is 250 g/mol. The molecule has 0 saturated carbocycles. The fourth-order valence-corrected chi connectivity index (χ4v) is 2.63. The predicted octanol–water partition coefficient (Wildman–Crippen LogP) is 1.95.